The largest absolute Gasteiger partial charge is 0.497 e. The van der Waals surface area contributed by atoms with E-state index in [0.29, 0.717) is 61.0 Å². The summed E-state index contributed by atoms with van der Waals surface area (Å²) in [4.78, 5) is 75.0. The Labute approximate surface area is 452 Å². The fourth-order valence-corrected chi connectivity index (χ4v) is 13.8. The number of fused-ring (bicyclic) bond motifs is 6. The van der Waals surface area contributed by atoms with Crippen LogP contribution in [0.4, 0.5) is 0 Å². The third-order valence-electron chi connectivity index (χ3n) is 17.6. The van der Waals surface area contributed by atoms with Crippen LogP contribution in [0.15, 0.2) is 47.9 Å². The maximum atomic E-state index is 15.8. The fourth-order valence-electron chi connectivity index (χ4n) is 13.8. The first-order chi connectivity index (χ1) is 36.9. The molecule has 2 fully saturated rings. The van der Waals surface area contributed by atoms with E-state index >= 15 is 4.79 Å². The minimum absolute atomic E-state index is 0.00553. The van der Waals surface area contributed by atoms with Gasteiger partial charge in [0.2, 0.25) is 19.5 Å². The second-order valence-corrected chi connectivity index (χ2v) is 23.5. The molecule has 4 N–H and O–H groups in total. The zero-order valence-electron chi connectivity index (χ0n) is 45.5. The Balaban J connectivity index is 1.03. The van der Waals surface area contributed by atoms with Crippen LogP contribution < -0.4 is 18.9 Å². The van der Waals surface area contributed by atoms with Gasteiger partial charge in [0.05, 0.1) is 81.3 Å². The van der Waals surface area contributed by atoms with E-state index in [9.17, 15) is 39.6 Å². The van der Waals surface area contributed by atoms with E-state index < -0.39 is 106 Å². The molecule has 0 saturated carbocycles. The van der Waals surface area contributed by atoms with Crippen LogP contribution in [0.2, 0.25) is 0 Å². The molecule has 6 aliphatic heterocycles. The predicted octanol–water partition coefficient (Wildman–Crippen LogP) is 3.91. The number of hydrogen-bond donors (Lipinski definition) is 4. The van der Waals surface area contributed by atoms with Crippen molar-refractivity contribution >= 4 is 29.8 Å². The predicted molar refractivity (Wildman–Crippen MR) is 272 cm³/mol. The first kappa shape index (κ1) is 55.2. The molecular weight excluding hydrogens is 1020 g/mol. The number of amides is 1. The van der Waals surface area contributed by atoms with Crippen molar-refractivity contribution in [3.63, 3.8) is 0 Å². The van der Waals surface area contributed by atoms with Crippen molar-refractivity contribution in [2.24, 2.45) is 5.92 Å². The van der Waals surface area contributed by atoms with Gasteiger partial charge in [-0.1, -0.05) is 0 Å². The Hall–Kier alpha value is -6.13. The topological polar surface area (TPSA) is 265 Å². The van der Waals surface area contributed by atoms with E-state index in [1.807, 2.05) is 41.3 Å². The molecule has 6 heterocycles. The van der Waals surface area contributed by atoms with Crippen LogP contribution in [0, 0.1) is 5.92 Å². The van der Waals surface area contributed by atoms with E-state index in [4.69, 9.17) is 47.4 Å². The quantitative estimate of drug-likeness (QED) is 0.122. The highest BCUT2D eigenvalue weighted by atomic mass is 16.7. The van der Waals surface area contributed by atoms with Gasteiger partial charge in [-0.15, -0.1) is 0 Å². The smallest absolute Gasteiger partial charge is 0.339 e. The third kappa shape index (κ3) is 9.59. The molecule has 0 bridgehead atoms. The Morgan fingerprint density at radius 3 is 1.62 bits per heavy atom. The maximum Gasteiger partial charge on any atom is 0.339 e. The third-order valence-corrected chi connectivity index (χ3v) is 17.6. The molecule has 21 heteroatoms. The highest BCUT2D eigenvalue weighted by Gasteiger charge is 2.68. The van der Waals surface area contributed by atoms with E-state index in [1.165, 1.54) is 28.1 Å². The van der Waals surface area contributed by atoms with Crippen molar-refractivity contribution in [3.05, 3.63) is 70.2 Å². The average molecular weight is 1090 g/mol. The highest BCUT2D eigenvalue weighted by Crippen LogP contribution is 2.62. The number of aliphatic hydroxyl groups is 4. The van der Waals surface area contributed by atoms with Gasteiger partial charge in [0.25, 0.3) is 0 Å². The lowest BCUT2D eigenvalue weighted by Gasteiger charge is -2.42. The minimum atomic E-state index is -2.39. The first-order valence-electron chi connectivity index (χ1n) is 26.8. The van der Waals surface area contributed by atoms with E-state index in [-0.39, 0.29) is 70.3 Å². The Kier molecular flexibility index (Phi) is 14.3. The molecule has 10 atom stereocenters. The van der Waals surface area contributed by atoms with Crippen LogP contribution in [0.3, 0.4) is 0 Å². The molecule has 2 aromatic rings. The molecule has 21 nitrogen and oxygen atoms in total. The molecule has 2 spiro atoms. The second kappa shape index (κ2) is 20.2. The number of methoxy groups -OCH3 is 4. The molecule has 78 heavy (non-hydrogen) atoms. The highest BCUT2D eigenvalue weighted by molar-refractivity contribution is 5.88. The Bertz CT molecular complexity index is 2820. The lowest BCUT2D eigenvalue weighted by Crippen LogP contribution is -2.53. The van der Waals surface area contributed by atoms with Gasteiger partial charge in [-0.25, -0.2) is 9.59 Å². The Morgan fingerprint density at radius 2 is 1.12 bits per heavy atom. The van der Waals surface area contributed by atoms with E-state index in [0.717, 1.165) is 36.5 Å². The van der Waals surface area contributed by atoms with Crippen LogP contribution >= 0.6 is 0 Å². The summed E-state index contributed by atoms with van der Waals surface area (Å²) in [5, 5.41) is 45.4. The van der Waals surface area contributed by atoms with E-state index in [2.05, 4.69) is 4.90 Å². The SMILES string of the molecule is COC(=O)C[C@](O)(CCCC(C)(C)O)C(=O)O[C@@H]1C(OC)=C[C@@]23C[C@@H]([C@@H]4CC[C@@]56C=C(OC)[C@@H](OC(=O)[C@@](O)(CCC(C)(C)O)CC(=O)OC)[C@H]5c5cc7c(cc5CCN46)OCO7)C(=O)N2CCc2cc4c(cc2[C@H]13)OCO4. The summed E-state index contributed by atoms with van der Waals surface area (Å²) >= 11 is 0. The van der Waals surface area contributed by atoms with Crippen molar-refractivity contribution in [1.29, 1.82) is 0 Å². The molecule has 1 amide bonds. The number of hydrogen-bond acceptors (Lipinski definition) is 20. The van der Waals surface area contributed by atoms with Gasteiger partial charge in [0, 0.05) is 19.1 Å². The van der Waals surface area contributed by atoms with Crippen molar-refractivity contribution < 1.29 is 91.8 Å². The lowest BCUT2D eigenvalue weighted by molar-refractivity contribution is -0.179. The molecule has 0 unspecified atom stereocenters. The van der Waals surface area contributed by atoms with Crippen molar-refractivity contribution in [3.8, 4) is 23.0 Å². The van der Waals surface area contributed by atoms with Gasteiger partial charge < -0.3 is 72.7 Å². The number of benzene rings is 2. The van der Waals surface area contributed by atoms with Crippen LogP contribution in [-0.4, -0.2) is 167 Å². The molecule has 8 aliphatic rings. The van der Waals surface area contributed by atoms with Crippen LogP contribution in [0.1, 0.15) is 126 Å². The molecule has 0 aromatic heterocycles. The maximum absolute atomic E-state index is 15.8. The molecule has 2 aliphatic carbocycles. The normalized spacial score (nSPS) is 28.9. The molecule has 10 rings (SSSR count). The number of carbonyl (C=O) groups is 5. The van der Waals surface area contributed by atoms with Crippen LogP contribution in [0.25, 0.3) is 0 Å². The van der Waals surface area contributed by atoms with Crippen LogP contribution in [-0.2, 0) is 65.2 Å². The summed E-state index contributed by atoms with van der Waals surface area (Å²) in [6.07, 6.45) is 1.87. The summed E-state index contributed by atoms with van der Waals surface area (Å²) in [6, 6.07) is 7.15. The average Bonchev–Trinajstić information content (AvgIpc) is 4.38. The van der Waals surface area contributed by atoms with Gasteiger partial charge in [-0.3, -0.25) is 19.3 Å². The fraction of sp³-hybridized carbons (Fsp3) is 0.632. The van der Waals surface area contributed by atoms with E-state index in [1.54, 1.807) is 13.8 Å². The standard InChI is InChI=1S/C57H72N2O19/c1-52(2,65)13-9-14-56(67,27-43(60)71-7)50(63)78-48-42(70-6)26-55-24-35(49(62)59(55)19-12-32-21-38-40(76-30-74-38)23-34(32)46(48)55)36-10-15-54-25-41(69-5)47(77-51(64)57(68,28-44(61)72-8)17-16-53(3,4)66)45(54)33-22-39-37(73-29-75-39)20-31(33)11-18-58(36)54/h20-23,25-26,35-36,45-48,65-68H,9-19,24,27-30H2,1-8H3/t35-,36-,45+,46+,47+,48+,54+,55+,56+,57+/m0/s1. The van der Waals surface area contributed by atoms with Crippen molar-refractivity contribution in [2.75, 3.05) is 55.1 Å². The summed E-state index contributed by atoms with van der Waals surface area (Å²) in [6.45, 7) is 6.99. The number of esters is 4. The summed E-state index contributed by atoms with van der Waals surface area (Å²) in [5.41, 5.74) is -6.08. The van der Waals surface area contributed by atoms with Crippen molar-refractivity contribution in [1.82, 2.24) is 9.80 Å². The molecule has 424 valence electrons. The summed E-state index contributed by atoms with van der Waals surface area (Å²) < 4.78 is 58.6. The van der Waals surface area contributed by atoms with Gasteiger partial charge >= 0.3 is 23.9 Å². The minimum Gasteiger partial charge on any atom is -0.497 e. The monoisotopic (exact) mass is 1090 g/mol. The molecule has 2 aromatic carbocycles. The number of nitrogens with zero attached hydrogens (tertiary/aromatic N) is 2. The molecule has 0 radical (unpaired) electrons. The Morgan fingerprint density at radius 1 is 0.641 bits per heavy atom. The summed E-state index contributed by atoms with van der Waals surface area (Å²) in [5.74, 6) is -3.63. The lowest BCUT2D eigenvalue weighted by atomic mass is 9.75. The second-order valence-electron chi connectivity index (χ2n) is 23.5. The van der Waals surface area contributed by atoms with Gasteiger partial charge in [0.1, 0.15) is 11.5 Å². The number of ether oxygens (including phenoxy) is 10. The summed E-state index contributed by atoms with van der Waals surface area (Å²) in [7, 11) is 5.23. The zero-order chi connectivity index (χ0) is 55.9. The van der Waals surface area contributed by atoms with Gasteiger partial charge in [-0.2, -0.15) is 0 Å². The molecular formula is C57H72N2O19. The van der Waals surface area contributed by atoms with Crippen LogP contribution in [0.5, 0.6) is 23.0 Å². The van der Waals surface area contributed by atoms with Gasteiger partial charge in [-0.05, 0) is 151 Å². The van der Waals surface area contributed by atoms with Gasteiger partial charge in [0.15, 0.2) is 46.4 Å². The number of carbonyl (C=O) groups excluding carboxylic acids is 5. The zero-order valence-corrected chi connectivity index (χ0v) is 45.5. The number of rotatable bonds is 18. The molecule has 2 saturated heterocycles. The first-order valence-corrected chi connectivity index (χ1v) is 26.8. The van der Waals surface area contributed by atoms with Crippen molar-refractivity contribution in [2.45, 2.75) is 168 Å².